The number of anilines is 3. The van der Waals surface area contributed by atoms with Crippen molar-refractivity contribution in [2.24, 2.45) is 5.73 Å². The smallest absolute Gasteiger partial charge is 0.271 e. The van der Waals surface area contributed by atoms with E-state index in [9.17, 15) is 9.59 Å². The Labute approximate surface area is 187 Å². The topological polar surface area (TPSA) is 126 Å². The molecule has 1 atom stereocenters. The van der Waals surface area contributed by atoms with Crippen LogP contribution in [-0.2, 0) is 4.74 Å². The van der Waals surface area contributed by atoms with Crippen LogP contribution < -0.4 is 21.3 Å². The molecule has 170 valence electrons. The van der Waals surface area contributed by atoms with Gasteiger partial charge >= 0.3 is 0 Å². The van der Waals surface area contributed by atoms with Crippen molar-refractivity contribution in [1.29, 1.82) is 0 Å². The molecule has 1 aromatic carbocycles. The Morgan fingerprint density at radius 1 is 1.25 bits per heavy atom. The van der Waals surface area contributed by atoms with E-state index in [2.05, 4.69) is 25.5 Å². The molecule has 0 aliphatic carbocycles. The molecule has 32 heavy (non-hydrogen) atoms. The van der Waals surface area contributed by atoms with Crippen molar-refractivity contribution >= 4 is 29.1 Å². The van der Waals surface area contributed by atoms with Crippen LogP contribution >= 0.6 is 0 Å². The second kappa shape index (κ2) is 9.92. The van der Waals surface area contributed by atoms with Crippen LogP contribution in [0.5, 0.6) is 0 Å². The lowest BCUT2D eigenvalue weighted by molar-refractivity contribution is 0.0303. The molecule has 3 heterocycles. The number of aromatic nitrogens is 2. The van der Waals surface area contributed by atoms with Crippen LogP contribution in [0.4, 0.5) is 17.3 Å². The molecule has 0 bridgehead atoms. The maximum atomic E-state index is 12.6. The van der Waals surface area contributed by atoms with Gasteiger partial charge in [-0.1, -0.05) is 0 Å². The van der Waals surface area contributed by atoms with Gasteiger partial charge in [-0.05, 0) is 43.7 Å². The number of nitrogens with one attached hydrogen (secondary N) is 2. The van der Waals surface area contributed by atoms with Crippen molar-refractivity contribution < 1.29 is 14.3 Å². The molecule has 10 nitrogen and oxygen atoms in total. The first kappa shape index (κ1) is 22.0. The van der Waals surface area contributed by atoms with E-state index in [-0.39, 0.29) is 17.4 Å². The zero-order valence-corrected chi connectivity index (χ0v) is 18.2. The maximum Gasteiger partial charge on any atom is 0.271 e. The molecule has 2 aliphatic heterocycles. The number of carbonyl (C=O) groups excluding carboxylic acids is 2. The fraction of sp³-hybridized carbons (Fsp3) is 0.455. The van der Waals surface area contributed by atoms with Gasteiger partial charge in [0, 0.05) is 44.0 Å². The van der Waals surface area contributed by atoms with Gasteiger partial charge in [-0.3, -0.25) is 9.59 Å². The monoisotopic (exact) mass is 439 g/mol. The Morgan fingerprint density at radius 2 is 2.00 bits per heavy atom. The highest BCUT2D eigenvalue weighted by molar-refractivity contribution is 5.97. The Balaban J connectivity index is 1.51. The van der Waals surface area contributed by atoms with E-state index >= 15 is 0 Å². The van der Waals surface area contributed by atoms with Crippen LogP contribution in [0.1, 0.15) is 33.7 Å². The lowest BCUT2D eigenvalue weighted by Gasteiger charge is -2.32. The van der Waals surface area contributed by atoms with Crippen molar-refractivity contribution in [3.8, 4) is 0 Å². The third kappa shape index (κ3) is 4.97. The van der Waals surface area contributed by atoms with Crippen molar-refractivity contribution in [1.82, 2.24) is 20.2 Å². The molecule has 0 saturated carbocycles. The first-order valence-electron chi connectivity index (χ1n) is 10.9. The number of rotatable bonds is 6. The highest BCUT2D eigenvalue weighted by atomic mass is 16.5. The molecule has 2 saturated heterocycles. The fourth-order valence-corrected chi connectivity index (χ4v) is 3.95. The number of ether oxygens (including phenoxy) is 1. The second-order valence-electron chi connectivity index (χ2n) is 8.01. The number of carbonyl (C=O) groups is 2. The second-order valence-corrected chi connectivity index (χ2v) is 8.01. The summed E-state index contributed by atoms with van der Waals surface area (Å²) in [6.45, 7) is 4.19. The number of likely N-dealkylation sites (N-methyl/N-ethyl adjacent to an activating group) is 1. The molecule has 2 fully saturated rings. The van der Waals surface area contributed by atoms with Gasteiger partial charge < -0.3 is 30.9 Å². The minimum absolute atomic E-state index is 0.0258. The molecule has 4 rings (SSSR count). The average molecular weight is 440 g/mol. The summed E-state index contributed by atoms with van der Waals surface area (Å²) in [7, 11) is 1.97. The standard InChI is InChI=1S/C22H29N7O3/c1-28(17-3-2-8-24-13-17)18-14-25-19(20(23)30)21(27-18)26-16-6-4-15(5-7-16)22(31)29-9-11-32-12-10-29/h4-7,14,17,24H,2-3,8-13H2,1H3,(H2,23,30)(H,26,27). The number of nitrogens with zero attached hydrogens (tertiary/aromatic N) is 4. The van der Waals surface area contributed by atoms with Gasteiger partial charge in [-0.25, -0.2) is 9.97 Å². The zero-order chi connectivity index (χ0) is 22.5. The predicted molar refractivity (Wildman–Crippen MR) is 121 cm³/mol. The van der Waals surface area contributed by atoms with Crippen molar-refractivity contribution in [2.75, 3.05) is 56.7 Å². The van der Waals surface area contributed by atoms with Crippen LogP contribution in [0.15, 0.2) is 30.5 Å². The summed E-state index contributed by atoms with van der Waals surface area (Å²) in [6, 6.07) is 7.36. The van der Waals surface area contributed by atoms with Gasteiger partial charge in [0.25, 0.3) is 11.8 Å². The third-order valence-electron chi connectivity index (χ3n) is 5.87. The number of amides is 2. The lowest BCUT2D eigenvalue weighted by atomic mass is 10.1. The Morgan fingerprint density at radius 3 is 2.66 bits per heavy atom. The highest BCUT2D eigenvalue weighted by Gasteiger charge is 2.22. The average Bonchev–Trinajstić information content (AvgIpc) is 2.84. The summed E-state index contributed by atoms with van der Waals surface area (Å²) < 4.78 is 5.31. The Hall–Kier alpha value is -3.24. The highest BCUT2D eigenvalue weighted by Crippen LogP contribution is 2.23. The summed E-state index contributed by atoms with van der Waals surface area (Å²) in [6.07, 6.45) is 3.73. The van der Waals surface area contributed by atoms with Crippen LogP contribution in [0, 0.1) is 0 Å². The number of piperidine rings is 1. The van der Waals surface area contributed by atoms with E-state index in [0.717, 1.165) is 25.9 Å². The molecular weight excluding hydrogens is 410 g/mol. The molecule has 0 spiro atoms. The molecule has 2 amide bonds. The molecular formula is C22H29N7O3. The molecule has 0 radical (unpaired) electrons. The molecule has 1 aromatic heterocycles. The normalized spacial score (nSPS) is 18.8. The minimum atomic E-state index is -0.660. The lowest BCUT2D eigenvalue weighted by Crippen LogP contribution is -2.44. The number of nitrogens with two attached hydrogens (primary N) is 1. The van der Waals surface area contributed by atoms with Gasteiger partial charge in [-0.2, -0.15) is 0 Å². The van der Waals surface area contributed by atoms with Crippen molar-refractivity contribution in [3.05, 3.63) is 41.7 Å². The molecule has 1 unspecified atom stereocenters. The first-order chi connectivity index (χ1) is 15.5. The van der Waals surface area contributed by atoms with Gasteiger partial charge in [0.15, 0.2) is 11.5 Å². The third-order valence-corrected chi connectivity index (χ3v) is 5.87. The SMILES string of the molecule is CN(c1cnc(C(N)=O)c(Nc2ccc(C(=O)N3CCOCC3)cc2)n1)C1CCCNC1. The van der Waals surface area contributed by atoms with Crippen molar-refractivity contribution in [2.45, 2.75) is 18.9 Å². The number of primary amides is 1. The summed E-state index contributed by atoms with van der Waals surface area (Å²) in [5, 5.41) is 6.53. The van der Waals surface area contributed by atoms with Gasteiger partial charge in [-0.15, -0.1) is 0 Å². The van der Waals surface area contributed by atoms with Gasteiger partial charge in [0.05, 0.1) is 19.4 Å². The van der Waals surface area contributed by atoms with Crippen LogP contribution in [0.25, 0.3) is 0 Å². The number of hydrogen-bond acceptors (Lipinski definition) is 8. The van der Waals surface area contributed by atoms with E-state index < -0.39 is 5.91 Å². The Kier molecular flexibility index (Phi) is 6.81. The van der Waals surface area contributed by atoms with Crippen LogP contribution in [0.2, 0.25) is 0 Å². The predicted octanol–water partition coefficient (Wildman–Crippen LogP) is 0.980. The summed E-state index contributed by atoms with van der Waals surface area (Å²) in [4.78, 5) is 37.3. The quantitative estimate of drug-likeness (QED) is 0.608. The molecule has 2 aromatic rings. The van der Waals surface area contributed by atoms with E-state index in [4.69, 9.17) is 10.5 Å². The van der Waals surface area contributed by atoms with Crippen LogP contribution in [0.3, 0.4) is 0 Å². The zero-order valence-electron chi connectivity index (χ0n) is 18.2. The van der Waals surface area contributed by atoms with Gasteiger partial charge in [0.1, 0.15) is 5.82 Å². The minimum Gasteiger partial charge on any atom is -0.378 e. The van der Waals surface area contributed by atoms with Crippen molar-refractivity contribution in [3.63, 3.8) is 0 Å². The van der Waals surface area contributed by atoms with E-state index in [1.807, 2.05) is 7.05 Å². The van der Waals surface area contributed by atoms with E-state index in [1.54, 1.807) is 35.4 Å². The molecule has 10 heteroatoms. The van der Waals surface area contributed by atoms with Gasteiger partial charge in [0.2, 0.25) is 0 Å². The van der Waals surface area contributed by atoms with E-state index in [0.29, 0.717) is 49.4 Å². The van der Waals surface area contributed by atoms with E-state index in [1.165, 1.54) is 0 Å². The summed E-state index contributed by atoms with van der Waals surface area (Å²) in [5.74, 6) is 0.262. The molecule has 2 aliphatic rings. The largest absolute Gasteiger partial charge is 0.378 e. The number of morpholine rings is 1. The summed E-state index contributed by atoms with van der Waals surface area (Å²) >= 11 is 0. The maximum absolute atomic E-state index is 12.6. The Bertz CT molecular complexity index is 954. The molecule has 4 N–H and O–H groups in total. The number of benzene rings is 1. The first-order valence-corrected chi connectivity index (χ1v) is 10.9. The fourth-order valence-electron chi connectivity index (χ4n) is 3.95. The van der Waals surface area contributed by atoms with Crippen LogP contribution in [-0.4, -0.2) is 79.2 Å². The summed E-state index contributed by atoms with van der Waals surface area (Å²) in [5.41, 5.74) is 6.86. The number of hydrogen-bond donors (Lipinski definition) is 3.